The minimum Gasteiger partial charge on any atom is -0.379 e. The van der Waals surface area contributed by atoms with Crippen molar-refractivity contribution >= 4 is 0 Å². The second kappa shape index (κ2) is 5.99. The highest BCUT2D eigenvalue weighted by Gasteiger charge is 2.67. The minimum absolute atomic E-state index is 0.256. The first kappa shape index (κ1) is 17.2. The molecule has 3 aliphatic rings. The molecule has 130 valence electrons. The molecule has 0 aromatic heterocycles. The van der Waals surface area contributed by atoms with Gasteiger partial charge >= 0.3 is 0 Å². The fraction of sp³-hybridized carbons (Fsp3) is 0.789. The summed E-state index contributed by atoms with van der Waals surface area (Å²) in [4.78, 5) is 0. The van der Waals surface area contributed by atoms with Gasteiger partial charge in [0.05, 0.1) is 0 Å². The molecule has 1 aliphatic heterocycles. The van der Waals surface area contributed by atoms with Gasteiger partial charge < -0.3 is 19.3 Å². The summed E-state index contributed by atoms with van der Waals surface area (Å²) in [5.74, 6) is 0.758. The molecule has 0 bridgehead atoms. The molecule has 0 amide bonds. The Kier molecular flexibility index (Phi) is 4.47. The second-order valence-electron chi connectivity index (χ2n) is 7.36. The van der Waals surface area contributed by atoms with E-state index in [0.717, 1.165) is 24.8 Å². The number of aliphatic hydroxyl groups is 1. The molecule has 1 saturated carbocycles. The highest BCUT2D eigenvalue weighted by molar-refractivity contribution is 5.37. The Morgan fingerprint density at radius 3 is 2.70 bits per heavy atom. The van der Waals surface area contributed by atoms with Gasteiger partial charge in [-0.3, -0.25) is 0 Å². The predicted molar refractivity (Wildman–Crippen MR) is 88.7 cm³/mol. The van der Waals surface area contributed by atoms with Crippen molar-refractivity contribution in [2.75, 3.05) is 13.2 Å². The smallest absolute Gasteiger partial charge is 0.194 e. The van der Waals surface area contributed by atoms with Crippen LogP contribution in [0.4, 0.5) is 0 Å². The van der Waals surface area contributed by atoms with Crippen LogP contribution in [0.1, 0.15) is 47.0 Å². The van der Waals surface area contributed by atoms with Crippen molar-refractivity contribution in [2.45, 2.75) is 65.1 Å². The van der Waals surface area contributed by atoms with Crippen LogP contribution in [-0.4, -0.2) is 36.5 Å². The van der Waals surface area contributed by atoms with E-state index in [1.807, 2.05) is 13.8 Å². The first-order chi connectivity index (χ1) is 10.9. The van der Waals surface area contributed by atoms with Gasteiger partial charge in [0.25, 0.3) is 0 Å². The Balaban J connectivity index is 2.05. The van der Waals surface area contributed by atoms with Gasteiger partial charge in [-0.25, -0.2) is 0 Å². The third kappa shape index (κ3) is 2.26. The normalized spacial score (nSPS) is 46.3. The molecule has 1 unspecified atom stereocenters. The largest absolute Gasteiger partial charge is 0.379 e. The fourth-order valence-corrected chi connectivity index (χ4v) is 4.78. The van der Waals surface area contributed by atoms with Crippen LogP contribution < -0.4 is 0 Å². The van der Waals surface area contributed by atoms with E-state index < -0.39 is 18.2 Å². The van der Waals surface area contributed by atoms with Gasteiger partial charge in [-0.1, -0.05) is 32.1 Å². The number of allylic oxidation sites excluding steroid dienone is 2. The molecule has 1 saturated heterocycles. The summed E-state index contributed by atoms with van der Waals surface area (Å²) in [7, 11) is 0. The lowest BCUT2D eigenvalue weighted by atomic mass is 9.51. The first-order valence-electron chi connectivity index (χ1n) is 8.90. The summed E-state index contributed by atoms with van der Waals surface area (Å²) in [5, 5.41) is 11.8. The highest BCUT2D eigenvalue weighted by atomic mass is 16.8. The molecule has 0 spiro atoms. The maximum Gasteiger partial charge on any atom is 0.194 e. The van der Waals surface area contributed by atoms with E-state index in [1.54, 1.807) is 0 Å². The van der Waals surface area contributed by atoms with E-state index in [2.05, 4.69) is 26.5 Å². The third-order valence-electron chi connectivity index (χ3n) is 6.31. The summed E-state index contributed by atoms with van der Waals surface area (Å²) in [5.41, 5.74) is 0.623. The Morgan fingerprint density at radius 1 is 1.35 bits per heavy atom. The number of fused-ring (bicyclic) bond motifs is 3. The first-order valence-corrected chi connectivity index (χ1v) is 8.90. The van der Waals surface area contributed by atoms with Crippen molar-refractivity contribution in [3.05, 3.63) is 23.8 Å². The van der Waals surface area contributed by atoms with E-state index in [1.165, 1.54) is 5.57 Å². The van der Waals surface area contributed by atoms with Gasteiger partial charge in [0.1, 0.15) is 5.60 Å². The average Bonchev–Trinajstić information content (AvgIpc) is 2.79. The molecular weight excluding hydrogens is 292 g/mol. The fourth-order valence-electron chi connectivity index (χ4n) is 4.78. The molecule has 2 aliphatic carbocycles. The van der Waals surface area contributed by atoms with Gasteiger partial charge in [-0.2, -0.15) is 0 Å². The summed E-state index contributed by atoms with van der Waals surface area (Å²) in [6.07, 6.45) is 3.80. The quantitative estimate of drug-likeness (QED) is 0.806. The zero-order valence-electron chi connectivity index (χ0n) is 14.8. The van der Waals surface area contributed by atoms with E-state index >= 15 is 0 Å². The molecule has 0 radical (unpaired) electrons. The van der Waals surface area contributed by atoms with Crippen LogP contribution in [-0.2, 0) is 14.2 Å². The van der Waals surface area contributed by atoms with E-state index in [4.69, 9.17) is 14.2 Å². The van der Waals surface area contributed by atoms with Gasteiger partial charge in [-0.05, 0) is 44.9 Å². The molecule has 2 fully saturated rings. The monoisotopic (exact) mass is 322 g/mol. The maximum absolute atomic E-state index is 11.8. The molecule has 3 rings (SSSR count). The summed E-state index contributed by atoms with van der Waals surface area (Å²) in [6, 6.07) is 0. The highest BCUT2D eigenvalue weighted by Crippen LogP contribution is 2.62. The lowest BCUT2D eigenvalue weighted by molar-refractivity contribution is -0.259. The molecule has 1 N–H and O–H groups in total. The molecule has 6 atom stereocenters. The molecule has 1 heterocycles. The minimum atomic E-state index is -1.14. The molecular formula is C19H30O4. The van der Waals surface area contributed by atoms with E-state index in [-0.39, 0.29) is 11.3 Å². The zero-order chi connectivity index (χ0) is 16.8. The van der Waals surface area contributed by atoms with Crippen molar-refractivity contribution in [1.29, 1.82) is 0 Å². The second-order valence-corrected chi connectivity index (χ2v) is 7.36. The van der Waals surface area contributed by atoms with Crippen LogP contribution >= 0.6 is 0 Å². The van der Waals surface area contributed by atoms with E-state index in [9.17, 15) is 5.11 Å². The van der Waals surface area contributed by atoms with Crippen molar-refractivity contribution in [1.82, 2.24) is 0 Å². The molecule has 23 heavy (non-hydrogen) atoms. The topological polar surface area (TPSA) is 47.9 Å². The Labute approximate surface area is 139 Å². The molecule has 4 nitrogen and oxygen atoms in total. The average molecular weight is 322 g/mol. The van der Waals surface area contributed by atoms with Gasteiger partial charge in [-0.15, -0.1) is 0 Å². The summed E-state index contributed by atoms with van der Waals surface area (Å²) in [6.45, 7) is 13.7. The lowest BCUT2D eigenvalue weighted by Gasteiger charge is -2.56. The van der Waals surface area contributed by atoms with Crippen molar-refractivity contribution in [3.63, 3.8) is 0 Å². The van der Waals surface area contributed by atoms with Crippen molar-refractivity contribution < 1.29 is 19.3 Å². The summed E-state index contributed by atoms with van der Waals surface area (Å²) < 4.78 is 17.5. The van der Waals surface area contributed by atoms with Crippen LogP contribution in [0, 0.1) is 17.3 Å². The van der Waals surface area contributed by atoms with Crippen LogP contribution in [0.2, 0.25) is 0 Å². The Bertz CT molecular complexity index is 513. The van der Waals surface area contributed by atoms with Crippen molar-refractivity contribution in [2.24, 2.45) is 17.3 Å². The van der Waals surface area contributed by atoms with Gasteiger partial charge in [0, 0.05) is 24.2 Å². The van der Waals surface area contributed by atoms with Crippen LogP contribution in [0.25, 0.3) is 0 Å². The number of rotatable bonds is 4. The predicted octanol–water partition coefficient (Wildman–Crippen LogP) is 3.41. The Hall–Kier alpha value is -0.680. The Morgan fingerprint density at radius 2 is 2.04 bits per heavy atom. The number of ether oxygens (including phenoxy) is 3. The molecule has 4 heteroatoms. The lowest BCUT2D eigenvalue weighted by Crippen LogP contribution is -2.61. The molecule has 0 aromatic rings. The van der Waals surface area contributed by atoms with E-state index in [0.29, 0.717) is 19.1 Å². The summed E-state index contributed by atoms with van der Waals surface area (Å²) >= 11 is 0. The van der Waals surface area contributed by atoms with Crippen LogP contribution in [0.5, 0.6) is 0 Å². The number of hydrogen-bond donors (Lipinski definition) is 1. The number of hydrogen-bond acceptors (Lipinski definition) is 4. The third-order valence-corrected chi connectivity index (χ3v) is 6.31. The zero-order valence-corrected chi connectivity index (χ0v) is 14.8. The maximum atomic E-state index is 11.8. The standard InChI is InChI=1S/C19H30O4/c1-6-21-16-15-9-8-14-13(4)12(3)10-11-18(14,5)19(15,20)17(23-16)22-7-2/h9,12,14,16-17,20H,4,6-8,10-11H2,1-3,5H3/t12-,14?,16+,17+,18-,19-/m0/s1. The van der Waals surface area contributed by atoms with Crippen LogP contribution in [0.15, 0.2) is 23.8 Å². The van der Waals surface area contributed by atoms with Crippen molar-refractivity contribution in [3.8, 4) is 0 Å². The SMILES string of the molecule is C=C1C2CC=C3[C@H](OCC)O[C@@H](OCC)[C@]3(O)[C@@]2(C)CC[C@@H]1C. The van der Waals surface area contributed by atoms with Gasteiger partial charge in [0.2, 0.25) is 0 Å². The molecule has 0 aromatic carbocycles. The van der Waals surface area contributed by atoms with Crippen LogP contribution in [0.3, 0.4) is 0 Å². The van der Waals surface area contributed by atoms with Gasteiger partial charge in [0.15, 0.2) is 12.6 Å².